The molecule has 0 saturated carbocycles. The van der Waals surface area contributed by atoms with Gasteiger partial charge in [-0.3, -0.25) is 0 Å². The third kappa shape index (κ3) is 7.86. The Kier molecular flexibility index (Phi) is 11.2. The van der Waals surface area contributed by atoms with Crippen LogP contribution < -0.4 is 29.6 Å². The molecular weight excluding hydrogens is 367 g/mol. The Hall–Kier alpha value is -0.390. The van der Waals surface area contributed by atoms with Crippen LogP contribution in [0.5, 0.6) is 0 Å². The summed E-state index contributed by atoms with van der Waals surface area (Å²) in [6, 6.07) is 9.34. The summed E-state index contributed by atoms with van der Waals surface area (Å²) in [4.78, 5) is -0.105. The van der Waals surface area contributed by atoms with Gasteiger partial charge in [0.05, 0.1) is 4.90 Å². The number of hydrogen-bond acceptors (Lipinski definition) is 3. The van der Waals surface area contributed by atoms with Gasteiger partial charge in [0, 0.05) is 0 Å². The Bertz CT molecular complexity index is 816. The fraction of sp³-hybridized carbons (Fsp3) is 0.545. The van der Waals surface area contributed by atoms with Crippen molar-refractivity contribution in [3.05, 3.63) is 41.5 Å². The molecule has 0 N–H and O–H groups in total. The van der Waals surface area contributed by atoms with Gasteiger partial charge >= 0.3 is 29.6 Å². The van der Waals surface area contributed by atoms with Crippen LogP contribution >= 0.6 is 0 Å². The second-order valence-corrected chi connectivity index (χ2v) is 8.59. The van der Waals surface area contributed by atoms with Gasteiger partial charge in [-0.25, -0.2) is 8.42 Å². The van der Waals surface area contributed by atoms with Crippen molar-refractivity contribution in [1.29, 1.82) is 0 Å². The predicted molar refractivity (Wildman–Crippen MR) is 108 cm³/mol. The van der Waals surface area contributed by atoms with E-state index in [0.717, 1.165) is 48.4 Å². The topological polar surface area (TPSA) is 57.2 Å². The van der Waals surface area contributed by atoms with E-state index in [1.54, 1.807) is 6.07 Å². The monoisotopic (exact) mass is 398 g/mol. The molecule has 0 bridgehead atoms. The van der Waals surface area contributed by atoms with Crippen molar-refractivity contribution < 1.29 is 42.5 Å². The number of rotatable bonds is 11. The zero-order chi connectivity index (χ0) is 19.0. The summed E-state index contributed by atoms with van der Waals surface area (Å²) >= 11 is 0. The second-order valence-electron chi connectivity index (χ2n) is 7.21. The molecule has 5 heteroatoms. The molecule has 0 aliphatic heterocycles. The third-order valence-corrected chi connectivity index (χ3v) is 5.80. The maximum absolute atomic E-state index is 11.5. The summed E-state index contributed by atoms with van der Waals surface area (Å²) in [5, 5.41) is 1.95. The normalized spacial score (nSPS) is 11.5. The minimum absolute atomic E-state index is 0. The molecule has 2 aromatic carbocycles. The van der Waals surface area contributed by atoms with Crippen LogP contribution in [-0.4, -0.2) is 13.0 Å². The number of fused-ring (bicyclic) bond motifs is 1. The molecular formula is C22H31NaO3S. The molecule has 3 nitrogen and oxygen atoms in total. The van der Waals surface area contributed by atoms with E-state index in [2.05, 4.69) is 26.0 Å². The standard InChI is InChI=1S/C22H32O3S.Na/c1-3-5-7-9-11-18-13-14-20-17-21(26(23,24)25)16-19(22(20)15-18)12-10-8-6-4-2;/h13-17H,3-12H2,1-2H3,(H,23,24,25);/q;+1/p-1. The first-order chi connectivity index (χ1) is 12.5. The summed E-state index contributed by atoms with van der Waals surface area (Å²) in [5.74, 6) is 0. The van der Waals surface area contributed by atoms with E-state index in [9.17, 15) is 13.0 Å². The molecule has 0 saturated heterocycles. The molecule has 0 aliphatic carbocycles. The smallest absolute Gasteiger partial charge is 0.744 e. The van der Waals surface area contributed by atoms with Crippen molar-refractivity contribution in [2.45, 2.75) is 83.0 Å². The van der Waals surface area contributed by atoms with Gasteiger partial charge in [0.1, 0.15) is 10.1 Å². The number of aryl methyl sites for hydroxylation is 2. The molecule has 0 amide bonds. The fourth-order valence-corrected chi connectivity index (χ4v) is 4.01. The third-order valence-electron chi connectivity index (χ3n) is 4.99. The second kappa shape index (κ2) is 12.2. The van der Waals surface area contributed by atoms with Crippen molar-refractivity contribution >= 4 is 20.9 Å². The van der Waals surface area contributed by atoms with E-state index in [1.807, 2.05) is 6.07 Å². The van der Waals surface area contributed by atoms with E-state index in [-0.39, 0.29) is 34.5 Å². The van der Waals surface area contributed by atoms with Crippen molar-refractivity contribution in [1.82, 2.24) is 0 Å². The molecule has 0 aromatic heterocycles. The number of hydrogen-bond donors (Lipinski definition) is 0. The van der Waals surface area contributed by atoms with Crippen molar-refractivity contribution in [2.24, 2.45) is 0 Å². The van der Waals surface area contributed by atoms with Gasteiger partial charge in [-0.1, -0.05) is 70.6 Å². The average Bonchev–Trinajstić information content (AvgIpc) is 2.61. The Morgan fingerprint density at radius 2 is 1.44 bits per heavy atom. The van der Waals surface area contributed by atoms with Crippen molar-refractivity contribution in [2.75, 3.05) is 0 Å². The molecule has 0 fully saturated rings. The first-order valence-corrected chi connectivity index (χ1v) is 11.4. The molecule has 2 rings (SSSR count). The van der Waals surface area contributed by atoms with Crippen LogP contribution in [0.4, 0.5) is 0 Å². The Morgan fingerprint density at radius 1 is 0.815 bits per heavy atom. The van der Waals surface area contributed by atoms with Gasteiger partial charge < -0.3 is 4.55 Å². The fourth-order valence-electron chi connectivity index (χ4n) is 3.46. The molecule has 144 valence electrons. The summed E-state index contributed by atoms with van der Waals surface area (Å²) in [7, 11) is -4.43. The molecule has 27 heavy (non-hydrogen) atoms. The summed E-state index contributed by atoms with van der Waals surface area (Å²) < 4.78 is 34.6. The van der Waals surface area contributed by atoms with E-state index < -0.39 is 10.1 Å². The summed E-state index contributed by atoms with van der Waals surface area (Å²) in [6.45, 7) is 4.38. The maximum atomic E-state index is 11.5. The molecule has 0 aliphatic rings. The largest absolute Gasteiger partial charge is 1.00 e. The molecule has 0 unspecified atom stereocenters. The minimum Gasteiger partial charge on any atom is -0.744 e. The van der Waals surface area contributed by atoms with Crippen molar-refractivity contribution in [3.8, 4) is 0 Å². The van der Waals surface area contributed by atoms with Gasteiger partial charge in [0.2, 0.25) is 0 Å². The van der Waals surface area contributed by atoms with Gasteiger partial charge in [-0.05, 0) is 59.7 Å². The van der Waals surface area contributed by atoms with Gasteiger partial charge in [-0.15, -0.1) is 0 Å². The average molecular weight is 399 g/mol. The summed E-state index contributed by atoms with van der Waals surface area (Å²) in [6.07, 6.45) is 11.3. The van der Waals surface area contributed by atoms with Crippen LogP contribution in [0.1, 0.15) is 76.3 Å². The van der Waals surface area contributed by atoms with E-state index >= 15 is 0 Å². The first kappa shape index (κ1) is 24.6. The number of benzene rings is 2. The predicted octanol–water partition coefficient (Wildman–Crippen LogP) is 2.99. The summed E-state index contributed by atoms with van der Waals surface area (Å²) in [5.41, 5.74) is 2.28. The minimum atomic E-state index is -4.43. The maximum Gasteiger partial charge on any atom is 1.00 e. The van der Waals surface area contributed by atoms with Gasteiger partial charge in [0.15, 0.2) is 0 Å². The Balaban J connectivity index is 0.00000364. The molecule has 0 atom stereocenters. The van der Waals surface area contributed by atoms with Crippen LogP contribution in [0, 0.1) is 0 Å². The van der Waals surface area contributed by atoms with Crippen LogP contribution in [0.2, 0.25) is 0 Å². The number of unbranched alkanes of at least 4 members (excludes halogenated alkanes) is 6. The molecule has 0 heterocycles. The van der Waals surface area contributed by atoms with Gasteiger partial charge in [0.25, 0.3) is 0 Å². The van der Waals surface area contributed by atoms with Crippen LogP contribution in [0.3, 0.4) is 0 Å². The zero-order valence-corrected chi connectivity index (χ0v) is 19.9. The SMILES string of the molecule is CCCCCCc1ccc2cc(S(=O)(=O)[O-])cc(CCCCCC)c2c1.[Na+]. The van der Waals surface area contributed by atoms with Crippen LogP contribution in [0.15, 0.2) is 35.2 Å². The van der Waals surface area contributed by atoms with E-state index in [0.29, 0.717) is 0 Å². The van der Waals surface area contributed by atoms with E-state index in [1.165, 1.54) is 43.7 Å². The van der Waals surface area contributed by atoms with Crippen LogP contribution in [0.25, 0.3) is 10.8 Å². The first-order valence-electron chi connectivity index (χ1n) is 9.97. The van der Waals surface area contributed by atoms with Gasteiger partial charge in [-0.2, -0.15) is 0 Å². The molecule has 0 spiro atoms. The van der Waals surface area contributed by atoms with Crippen LogP contribution in [-0.2, 0) is 23.0 Å². The quantitative estimate of drug-likeness (QED) is 0.332. The molecule has 0 radical (unpaired) electrons. The van der Waals surface area contributed by atoms with Crippen molar-refractivity contribution in [3.63, 3.8) is 0 Å². The zero-order valence-electron chi connectivity index (χ0n) is 17.1. The Morgan fingerprint density at radius 3 is 2.04 bits per heavy atom. The molecule has 2 aromatic rings. The van der Waals surface area contributed by atoms with E-state index in [4.69, 9.17) is 0 Å². The Labute approximate surface area is 187 Å².